The molecule has 32 heavy (non-hydrogen) atoms. The number of hydrogen-bond acceptors (Lipinski definition) is 7. The van der Waals surface area contributed by atoms with Crippen molar-refractivity contribution in [3.05, 3.63) is 62.7 Å². The van der Waals surface area contributed by atoms with Crippen molar-refractivity contribution in [1.82, 2.24) is 5.43 Å². The predicted octanol–water partition coefficient (Wildman–Crippen LogP) is 5.86. The van der Waals surface area contributed by atoms with Gasteiger partial charge in [-0.3, -0.25) is 4.79 Å². The number of nitrogens with one attached hydrogen (secondary N) is 1. The van der Waals surface area contributed by atoms with E-state index in [9.17, 15) is 14.7 Å². The van der Waals surface area contributed by atoms with Crippen molar-refractivity contribution in [2.24, 2.45) is 5.10 Å². The molecule has 0 spiro atoms. The molecular formula is C24H26N2O4S2. The monoisotopic (exact) mass is 470 g/mol. The van der Waals surface area contributed by atoms with Gasteiger partial charge in [-0.2, -0.15) is 5.10 Å². The largest absolute Gasteiger partial charge is 0.506 e. The van der Waals surface area contributed by atoms with Gasteiger partial charge in [0, 0.05) is 5.38 Å². The summed E-state index contributed by atoms with van der Waals surface area (Å²) in [5.74, 6) is -0.773. The Morgan fingerprint density at radius 2 is 1.81 bits per heavy atom. The summed E-state index contributed by atoms with van der Waals surface area (Å²) in [6, 6.07) is 11.3. The molecule has 8 heteroatoms. The highest BCUT2D eigenvalue weighted by molar-refractivity contribution is 7.16. The topological polar surface area (TPSA) is 88.0 Å². The van der Waals surface area contributed by atoms with Crippen LogP contribution in [0.2, 0.25) is 0 Å². The number of hydrogen-bond donors (Lipinski definition) is 2. The highest BCUT2D eigenvalue weighted by Crippen LogP contribution is 2.38. The minimum absolute atomic E-state index is 0.147. The zero-order chi connectivity index (χ0) is 23.1. The number of ether oxygens (including phenoxy) is 1. The van der Waals surface area contributed by atoms with E-state index in [1.54, 1.807) is 13.0 Å². The van der Waals surface area contributed by atoms with E-state index in [0.717, 1.165) is 28.2 Å². The molecule has 0 unspecified atom stereocenters. The zero-order valence-electron chi connectivity index (χ0n) is 18.3. The summed E-state index contributed by atoms with van der Waals surface area (Å²) >= 11 is 2.46. The van der Waals surface area contributed by atoms with Crippen LogP contribution in [0.5, 0.6) is 5.75 Å². The predicted molar refractivity (Wildman–Crippen MR) is 130 cm³/mol. The lowest BCUT2D eigenvalue weighted by Crippen LogP contribution is -2.18. The molecule has 2 heterocycles. The number of hydrazone groups is 1. The van der Waals surface area contributed by atoms with Gasteiger partial charge in [-0.15, -0.1) is 22.7 Å². The van der Waals surface area contributed by atoms with Crippen LogP contribution >= 0.6 is 22.7 Å². The molecule has 0 aliphatic heterocycles. The number of thiophene rings is 2. The third-order valence-corrected chi connectivity index (χ3v) is 7.06. The Labute approximate surface area is 195 Å². The summed E-state index contributed by atoms with van der Waals surface area (Å²) in [4.78, 5) is 25.3. The molecule has 0 atom stereocenters. The van der Waals surface area contributed by atoms with Crippen LogP contribution in [-0.2, 0) is 11.2 Å². The van der Waals surface area contributed by atoms with Crippen molar-refractivity contribution < 1.29 is 19.4 Å². The molecule has 2 aromatic heterocycles. The highest BCUT2D eigenvalue weighted by Gasteiger charge is 2.16. The van der Waals surface area contributed by atoms with Gasteiger partial charge in [-0.05, 0) is 43.0 Å². The molecule has 0 saturated carbocycles. The number of rotatable bonds is 9. The number of nitrogens with zero attached hydrogens (tertiary/aromatic N) is 1. The second-order valence-electron chi connectivity index (χ2n) is 7.27. The van der Waals surface area contributed by atoms with Crippen LogP contribution in [0, 0.1) is 0 Å². The molecule has 168 valence electrons. The summed E-state index contributed by atoms with van der Waals surface area (Å²) in [6.07, 6.45) is 4.67. The number of esters is 1. The number of aryl methyl sites for hydroxylation is 1. The van der Waals surface area contributed by atoms with Gasteiger partial charge in [0.05, 0.1) is 28.1 Å². The Hall–Kier alpha value is -2.97. The molecule has 3 aromatic rings. The fourth-order valence-corrected chi connectivity index (χ4v) is 4.96. The first kappa shape index (κ1) is 23.7. The summed E-state index contributed by atoms with van der Waals surface area (Å²) in [6.45, 7) is 3.91. The number of carbonyl (C=O) groups is 2. The number of amides is 1. The van der Waals surface area contributed by atoms with Crippen molar-refractivity contribution in [1.29, 1.82) is 0 Å². The number of aromatic hydroxyl groups is 1. The lowest BCUT2D eigenvalue weighted by molar-refractivity contribution is 0.0606. The van der Waals surface area contributed by atoms with Crippen molar-refractivity contribution in [2.75, 3.05) is 7.11 Å². The lowest BCUT2D eigenvalue weighted by Gasteiger charge is -2.05. The Kier molecular flexibility index (Phi) is 8.19. The maximum atomic E-state index is 12.3. The normalized spacial score (nSPS) is 11.4. The lowest BCUT2D eigenvalue weighted by atomic mass is 10.0. The minimum Gasteiger partial charge on any atom is -0.506 e. The molecule has 1 amide bonds. The van der Waals surface area contributed by atoms with Gasteiger partial charge in [-0.25, -0.2) is 10.2 Å². The smallest absolute Gasteiger partial charge is 0.348 e. The second-order valence-corrected chi connectivity index (χ2v) is 9.24. The number of carbonyl (C=O) groups excluding carboxylic acids is 2. The molecule has 2 N–H and O–H groups in total. The first-order valence-electron chi connectivity index (χ1n) is 10.4. The average molecular weight is 471 g/mol. The Balaban J connectivity index is 1.68. The maximum Gasteiger partial charge on any atom is 0.348 e. The first-order chi connectivity index (χ1) is 15.4. The van der Waals surface area contributed by atoms with Crippen LogP contribution in [0.3, 0.4) is 0 Å². The first-order valence-corrected chi connectivity index (χ1v) is 12.1. The van der Waals surface area contributed by atoms with Gasteiger partial charge < -0.3 is 9.84 Å². The van der Waals surface area contributed by atoms with E-state index in [4.69, 9.17) is 0 Å². The molecule has 0 aliphatic carbocycles. The Bertz CT molecular complexity index is 1110. The molecule has 6 nitrogen and oxygen atoms in total. The van der Waals surface area contributed by atoms with Crippen LogP contribution < -0.4 is 5.43 Å². The van der Waals surface area contributed by atoms with E-state index in [1.807, 2.05) is 17.5 Å². The van der Waals surface area contributed by atoms with Crippen molar-refractivity contribution in [3.63, 3.8) is 0 Å². The minimum atomic E-state index is -0.488. The fraction of sp³-hybridized carbons (Fsp3) is 0.292. The van der Waals surface area contributed by atoms with Crippen molar-refractivity contribution >= 4 is 40.3 Å². The SMILES string of the molecule is CCCCCc1ccc(-c2scc(/C(C)=N/NC(=O)c3ccc(C(=O)OC)s3)c2O)cc1. The zero-order valence-corrected chi connectivity index (χ0v) is 19.9. The molecule has 0 fully saturated rings. The average Bonchev–Trinajstić information content (AvgIpc) is 3.45. The van der Waals surface area contributed by atoms with Gasteiger partial charge in [0.15, 0.2) is 0 Å². The van der Waals surface area contributed by atoms with Crippen molar-refractivity contribution in [3.8, 4) is 16.2 Å². The van der Waals surface area contributed by atoms with Gasteiger partial charge >= 0.3 is 5.97 Å². The van der Waals surface area contributed by atoms with Crippen LogP contribution in [0.25, 0.3) is 10.4 Å². The highest BCUT2D eigenvalue weighted by atomic mass is 32.1. The molecule has 0 bridgehead atoms. The summed E-state index contributed by atoms with van der Waals surface area (Å²) in [5.41, 5.74) is 5.77. The standard InChI is InChI=1S/C24H26N2O4S2/c1-4-5-6-7-16-8-10-17(11-9-16)22-21(27)18(14-31-22)15(2)25-26-23(28)19-12-13-20(32-19)24(29)30-3/h8-14,27H,4-7H2,1-3H3,(H,26,28)/b25-15+. The number of benzene rings is 1. The van der Waals surface area contributed by atoms with Crippen LogP contribution in [0.1, 0.15) is 63.6 Å². The van der Waals surface area contributed by atoms with Gasteiger partial charge in [-0.1, -0.05) is 44.0 Å². The molecule has 0 radical (unpaired) electrons. The van der Waals surface area contributed by atoms with Gasteiger partial charge in [0.25, 0.3) is 5.91 Å². The van der Waals surface area contributed by atoms with Crippen LogP contribution in [0.4, 0.5) is 0 Å². The molecule has 0 saturated heterocycles. The van der Waals surface area contributed by atoms with Crippen LogP contribution in [-0.4, -0.2) is 29.8 Å². The Morgan fingerprint density at radius 3 is 2.50 bits per heavy atom. The summed E-state index contributed by atoms with van der Waals surface area (Å²) in [5, 5.41) is 16.7. The Morgan fingerprint density at radius 1 is 1.09 bits per heavy atom. The van der Waals surface area contributed by atoms with Gasteiger partial charge in [0.2, 0.25) is 0 Å². The van der Waals surface area contributed by atoms with E-state index in [2.05, 4.69) is 34.3 Å². The molecular weight excluding hydrogens is 444 g/mol. The third-order valence-electron chi connectivity index (χ3n) is 4.98. The molecule has 1 aromatic carbocycles. The maximum absolute atomic E-state index is 12.3. The van der Waals surface area contributed by atoms with E-state index in [1.165, 1.54) is 49.3 Å². The van der Waals surface area contributed by atoms with E-state index in [0.29, 0.717) is 21.0 Å². The molecule has 0 aliphatic rings. The third kappa shape index (κ3) is 5.63. The quantitative estimate of drug-likeness (QED) is 0.178. The molecule has 3 rings (SSSR count). The van der Waals surface area contributed by atoms with E-state index in [-0.39, 0.29) is 5.75 Å². The summed E-state index contributed by atoms with van der Waals surface area (Å²) in [7, 11) is 1.29. The van der Waals surface area contributed by atoms with Crippen LogP contribution in [0.15, 0.2) is 46.9 Å². The second kappa shape index (κ2) is 11.1. The van der Waals surface area contributed by atoms with E-state index >= 15 is 0 Å². The summed E-state index contributed by atoms with van der Waals surface area (Å²) < 4.78 is 4.65. The van der Waals surface area contributed by atoms with E-state index < -0.39 is 11.9 Å². The number of methoxy groups -OCH3 is 1. The van der Waals surface area contributed by atoms with Gasteiger partial charge in [0.1, 0.15) is 10.6 Å². The number of unbranched alkanes of at least 4 members (excludes halogenated alkanes) is 2. The fourth-order valence-electron chi connectivity index (χ4n) is 3.14. The van der Waals surface area contributed by atoms with Crippen molar-refractivity contribution in [2.45, 2.75) is 39.5 Å².